The number of aliphatic carboxylic acids is 1. The maximum Gasteiger partial charge on any atom is 0.328 e. The predicted octanol–water partition coefficient (Wildman–Crippen LogP) is 5.57. The van der Waals surface area contributed by atoms with Crippen LogP contribution in [0.2, 0.25) is 0 Å². The molecule has 2 N–H and O–H groups in total. The number of nitrogens with one attached hydrogen (secondary N) is 1. The maximum absolute atomic E-state index is 12.4. The number of amides is 2. The van der Waals surface area contributed by atoms with Gasteiger partial charge in [-0.3, -0.25) is 4.90 Å². The Kier molecular flexibility index (Phi) is 8.96. The van der Waals surface area contributed by atoms with Crippen LogP contribution in [0.5, 0.6) is 0 Å². The molecule has 2 rings (SSSR count). The predicted molar refractivity (Wildman–Crippen MR) is 119 cm³/mol. The van der Waals surface area contributed by atoms with Gasteiger partial charge in [-0.15, -0.1) is 0 Å². The highest BCUT2D eigenvalue weighted by atomic mass is 16.4. The van der Waals surface area contributed by atoms with Crippen molar-refractivity contribution in [2.45, 2.75) is 39.0 Å². The smallest absolute Gasteiger partial charge is 0.328 e. The first-order chi connectivity index (χ1) is 14.0. The van der Waals surface area contributed by atoms with E-state index in [1.807, 2.05) is 48.5 Å². The molecule has 5 nitrogen and oxygen atoms in total. The first kappa shape index (κ1) is 22.2. The SMILES string of the molecule is CCCCCCCNC(=O)N(C)c1cccc(-c2ccc(/C=C/C(=O)O)cc2)c1. The number of hydrogen-bond donors (Lipinski definition) is 2. The molecule has 0 atom stereocenters. The van der Waals surface area contributed by atoms with Crippen LogP contribution in [0.1, 0.15) is 44.6 Å². The molecule has 2 aromatic carbocycles. The van der Waals surface area contributed by atoms with Gasteiger partial charge in [-0.25, -0.2) is 9.59 Å². The second-order valence-corrected chi connectivity index (χ2v) is 7.05. The molecular formula is C24H30N2O3. The third-order valence-corrected chi connectivity index (χ3v) is 4.76. The Labute approximate surface area is 173 Å². The van der Waals surface area contributed by atoms with E-state index in [1.54, 1.807) is 18.0 Å². The lowest BCUT2D eigenvalue weighted by Crippen LogP contribution is -2.37. The van der Waals surface area contributed by atoms with Gasteiger partial charge in [-0.05, 0) is 41.3 Å². The van der Waals surface area contributed by atoms with E-state index in [9.17, 15) is 9.59 Å². The number of carboxylic acids is 1. The third kappa shape index (κ3) is 7.45. The molecule has 0 fully saturated rings. The second kappa shape index (κ2) is 11.7. The zero-order valence-corrected chi connectivity index (χ0v) is 17.2. The third-order valence-electron chi connectivity index (χ3n) is 4.76. The molecule has 5 heteroatoms. The quantitative estimate of drug-likeness (QED) is 0.409. The monoisotopic (exact) mass is 394 g/mol. The molecule has 0 aliphatic rings. The first-order valence-corrected chi connectivity index (χ1v) is 10.1. The van der Waals surface area contributed by atoms with Gasteiger partial charge in [-0.1, -0.05) is 69.0 Å². The first-order valence-electron chi connectivity index (χ1n) is 10.1. The molecule has 154 valence electrons. The van der Waals surface area contributed by atoms with Gasteiger partial charge < -0.3 is 10.4 Å². The van der Waals surface area contributed by atoms with Crippen LogP contribution in [0.25, 0.3) is 17.2 Å². The summed E-state index contributed by atoms with van der Waals surface area (Å²) < 4.78 is 0. The number of nitrogens with zero attached hydrogens (tertiary/aromatic N) is 1. The number of anilines is 1. The number of benzene rings is 2. The standard InChI is InChI=1S/C24H30N2O3/c1-3-4-5-6-7-17-25-24(29)26(2)22-10-8-9-21(18-22)20-14-11-19(12-15-20)13-16-23(27)28/h8-16,18H,3-7,17H2,1-2H3,(H,25,29)(H,27,28)/b16-13+. The van der Waals surface area contributed by atoms with Crippen LogP contribution < -0.4 is 10.2 Å². The van der Waals surface area contributed by atoms with E-state index in [0.717, 1.165) is 41.3 Å². The lowest BCUT2D eigenvalue weighted by atomic mass is 10.0. The number of carbonyl (C=O) groups excluding carboxylic acids is 1. The fraction of sp³-hybridized carbons (Fsp3) is 0.333. The van der Waals surface area contributed by atoms with Crippen LogP contribution in [-0.2, 0) is 4.79 Å². The fourth-order valence-electron chi connectivity index (χ4n) is 3.01. The Hall–Kier alpha value is -3.08. The van der Waals surface area contributed by atoms with Crippen LogP contribution in [0, 0.1) is 0 Å². The van der Waals surface area contributed by atoms with Crippen LogP contribution in [-0.4, -0.2) is 30.7 Å². The summed E-state index contributed by atoms with van der Waals surface area (Å²) in [7, 11) is 1.77. The average molecular weight is 395 g/mol. The van der Waals surface area contributed by atoms with Crippen molar-refractivity contribution in [3.63, 3.8) is 0 Å². The summed E-state index contributed by atoms with van der Waals surface area (Å²) in [6, 6.07) is 15.3. The summed E-state index contributed by atoms with van der Waals surface area (Å²) in [5, 5.41) is 11.7. The van der Waals surface area contributed by atoms with Gasteiger partial charge in [0.1, 0.15) is 0 Å². The van der Waals surface area contributed by atoms with Crippen molar-refractivity contribution in [3.05, 3.63) is 60.2 Å². The van der Waals surface area contributed by atoms with Crippen LogP contribution in [0.15, 0.2) is 54.6 Å². The maximum atomic E-state index is 12.4. The minimum atomic E-state index is -0.968. The van der Waals surface area contributed by atoms with Crippen molar-refractivity contribution < 1.29 is 14.7 Å². The number of urea groups is 1. The van der Waals surface area contributed by atoms with Crippen LogP contribution >= 0.6 is 0 Å². The second-order valence-electron chi connectivity index (χ2n) is 7.05. The summed E-state index contributed by atoms with van der Waals surface area (Å²) in [5.74, 6) is -0.968. The van der Waals surface area contributed by atoms with Gasteiger partial charge in [0.15, 0.2) is 0 Å². The van der Waals surface area contributed by atoms with E-state index >= 15 is 0 Å². The number of carboxylic acid groups (broad SMARTS) is 1. The lowest BCUT2D eigenvalue weighted by molar-refractivity contribution is -0.131. The van der Waals surface area contributed by atoms with E-state index in [4.69, 9.17) is 5.11 Å². The van der Waals surface area contributed by atoms with Crippen molar-refractivity contribution in [1.82, 2.24) is 5.32 Å². The molecular weight excluding hydrogens is 364 g/mol. The number of unbranched alkanes of at least 4 members (excludes halogenated alkanes) is 4. The van der Waals surface area contributed by atoms with E-state index in [2.05, 4.69) is 12.2 Å². The summed E-state index contributed by atoms with van der Waals surface area (Å²) in [6.45, 7) is 2.88. The minimum absolute atomic E-state index is 0.105. The Bertz CT molecular complexity index is 828. The molecule has 0 unspecified atom stereocenters. The summed E-state index contributed by atoms with van der Waals surface area (Å²) >= 11 is 0. The highest BCUT2D eigenvalue weighted by Gasteiger charge is 2.11. The summed E-state index contributed by atoms with van der Waals surface area (Å²) in [6.07, 6.45) is 8.50. The molecule has 0 saturated heterocycles. The largest absolute Gasteiger partial charge is 0.478 e. The Balaban J connectivity index is 1.97. The topological polar surface area (TPSA) is 69.6 Å². The van der Waals surface area contributed by atoms with E-state index in [1.165, 1.54) is 19.3 Å². The molecule has 0 saturated carbocycles. The lowest BCUT2D eigenvalue weighted by Gasteiger charge is -2.19. The molecule has 2 aromatic rings. The van der Waals surface area contributed by atoms with Gasteiger partial charge >= 0.3 is 12.0 Å². The normalized spacial score (nSPS) is 10.8. The molecule has 0 aliphatic carbocycles. The number of hydrogen-bond acceptors (Lipinski definition) is 2. The average Bonchev–Trinajstić information content (AvgIpc) is 2.74. The molecule has 0 bridgehead atoms. The molecule has 0 radical (unpaired) electrons. The molecule has 0 spiro atoms. The zero-order valence-electron chi connectivity index (χ0n) is 17.2. The van der Waals surface area contributed by atoms with Crippen molar-refractivity contribution in [3.8, 4) is 11.1 Å². The Morgan fingerprint density at radius 3 is 2.41 bits per heavy atom. The van der Waals surface area contributed by atoms with E-state index < -0.39 is 5.97 Å². The van der Waals surface area contributed by atoms with Crippen LogP contribution in [0.4, 0.5) is 10.5 Å². The highest BCUT2D eigenvalue weighted by Crippen LogP contribution is 2.25. The number of rotatable bonds is 10. The summed E-state index contributed by atoms with van der Waals surface area (Å²) in [5.41, 5.74) is 3.64. The van der Waals surface area contributed by atoms with Gasteiger partial charge in [0.05, 0.1) is 0 Å². The molecule has 0 aliphatic heterocycles. The van der Waals surface area contributed by atoms with E-state index in [-0.39, 0.29) is 6.03 Å². The van der Waals surface area contributed by atoms with Crippen molar-refractivity contribution >= 4 is 23.8 Å². The van der Waals surface area contributed by atoms with Gasteiger partial charge in [0.2, 0.25) is 0 Å². The molecule has 29 heavy (non-hydrogen) atoms. The Morgan fingerprint density at radius 2 is 1.72 bits per heavy atom. The van der Waals surface area contributed by atoms with Crippen molar-refractivity contribution in [2.75, 3.05) is 18.5 Å². The van der Waals surface area contributed by atoms with Crippen molar-refractivity contribution in [1.29, 1.82) is 0 Å². The van der Waals surface area contributed by atoms with Crippen molar-refractivity contribution in [2.24, 2.45) is 0 Å². The van der Waals surface area contributed by atoms with Gasteiger partial charge in [0, 0.05) is 25.4 Å². The van der Waals surface area contributed by atoms with E-state index in [0.29, 0.717) is 6.54 Å². The number of carbonyl (C=O) groups is 2. The summed E-state index contributed by atoms with van der Waals surface area (Å²) in [4.78, 5) is 24.7. The molecule has 0 heterocycles. The van der Waals surface area contributed by atoms with Crippen LogP contribution in [0.3, 0.4) is 0 Å². The molecule has 2 amide bonds. The van der Waals surface area contributed by atoms with Gasteiger partial charge in [-0.2, -0.15) is 0 Å². The minimum Gasteiger partial charge on any atom is -0.478 e. The Morgan fingerprint density at radius 1 is 1.00 bits per heavy atom. The fourth-order valence-corrected chi connectivity index (χ4v) is 3.01. The zero-order chi connectivity index (χ0) is 21.1. The molecule has 0 aromatic heterocycles. The highest BCUT2D eigenvalue weighted by molar-refractivity contribution is 5.92. The van der Waals surface area contributed by atoms with Gasteiger partial charge in [0.25, 0.3) is 0 Å².